The predicted octanol–water partition coefficient (Wildman–Crippen LogP) is 4.66. The molecule has 0 radical (unpaired) electrons. The topological polar surface area (TPSA) is 124 Å². The van der Waals surface area contributed by atoms with Crippen LogP contribution in [0.25, 0.3) is 0 Å². The van der Waals surface area contributed by atoms with Crippen molar-refractivity contribution in [2.75, 3.05) is 47.1 Å². The van der Waals surface area contributed by atoms with Gasteiger partial charge < -0.3 is 34.3 Å². The Morgan fingerprint density at radius 2 is 1.82 bits per heavy atom. The minimum atomic E-state index is -0.823. The molecule has 3 rings (SSSR count). The number of benzene rings is 2. The summed E-state index contributed by atoms with van der Waals surface area (Å²) in [6.45, 7) is 7.64. The first-order chi connectivity index (χ1) is 21.6. The van der Waals surface area contributed by atoms with Gasteiger partial charge in [0.25, 0.3) is 5.91 Å². The first-order valence-corrected chi connectivity index (χ1v) is 16.0. The largest absolute Gasteiger partial charge is 0.493 e. The highest BCUT2D eigenvalue weighted by Crippen LogP contribution is 2.32. The molecular weight excluding hydrogens is 576 g/mol. The number of aliphatic hydroxyl groups excluding tert-OH is 1. The molecule has 2 aromatic carbocycles. The van der Waals surface area contributed by atoms with Gasteiger partial charge in [-0.15, -0.1) is 0 Å². The summed E-state index contributed by atoms with van der Waals surface area (Å²) in [6.07, 6.45) is 3.56. The van der Waals surface area contributed by atoms with Crippen molar-refractivity contribution >= 4 is 17.7 Å². The van der Waals surface area contributed by atoms with Crippen LogP contribution in [0.3, 0.4) is 0 Å². The van der Waals surface area contributed by atoms with Gasteiger partial charge in [0.05, 0.1) is 14.2 Å². The summed E-state index contributed by atoms with van der Waals surface area (Å²) < 4.78 is 23.0. The molecule has 10 nitrogen and oxygen atoms in total. The number of ketones is 1. The lowest BCUT2D eigenvalue weighted by atomic mass is 9.84. The van der Waals surface area contributed by atoms with Crippen LogP contribution in [0.15, 0.2) is 42.5 Å². The monoisotopic (exact) mass is 626 g/mol. The first-order valence-electron chi connectivity index (χ1n) is 16.0. The van der Waals surface area contributed by atoms with Gasteiger partial charge in [0.2, 0.25) is 5.78 Å². The normalized spacial score (nSPS) is 15.7. The van der Waals surface area contributed by atoms with Crippen LogP contribution in [0, 0.1) is 5.41 Å². The molecule has 248 valence electrons. The van der Waals surface area contributed by atoms with E-state index in [-0.39, 0.29) is 6.61 Å². The molecule has 0 aliphatic carbocycles. The van der Waals surface area contributed by atoms with Crippen LogP contribution in [0.5, 0.6) is 17.2 Å². The van der Waals surface area contributed by atoms with Crippen molar-refractivity contribution in [2.24, 2.45) is 5.41 Å². The SMILES string of the molecule is CCC(C)(C)C(=O)C(=O)N1CCCC[C@H]1C(=O)O[C@H](CCc1ccc(OC)c(OC)c1)c1cccc(OCCNCCCO)c1. The van der Waals surface area contributed by atoms with Crippen LogP contribution < -0.4 is 19.5 Å². The van der Waals surface area contributed by atoms with E-state index in [0.717, 1.165) is 24.0 Å². The number of amides is 1. The van der Waals surface area contributed by atoms with Crippen LogP contribution in [-0.2, 0) is 25.5 Å². The number of carbonyl (C=O) groups excluding carboxylic acids is 3. The number of aryl methyl sites for hydroxylation is 1. The quantitative estimate of drug-likeness (QED) is 0.138. The van der Waals surface area contributed by atoms with E-state index in [2.05, 4.69) is 5.32 Å². The summed E-state index contributed by atoms with van der Waals surface area (Å²) in [6, 6.07) is 12.4. The molecule has 1 fully saturated rings. The molecule has 0 spiro atoms. The van der Waals surface area contributed by atoms with Crippen LogP contribution in [0.2, 0.25) is 0 Å². The number of hydrogen-bond acceptors (Lipinski definition) is 9. The average Bonchev–Trinajstić information content (AvgIpc) is 3.07. The van der Waals surface area contributed by atoms with Gasteiger partial charge in [-0.3, -0.25) is 9.59 Å². The van der Waals surface area contributed by atoms with Crippen molar-refractivity contribution in [2.45, 2.75) is 77.9 Å². The second kappa shape index (κ2) is 17.8. The number of likely N-dealkylation sites (tertiary alicyclic amines) is 1. The molecule has 0 aromatic heterocycles. The van der Waals surface area contributed by atoms with Crippen LogP contribution in [-0.4, -0.2) is 80.8 Å². The number of Topliss-reactive ketones (excluding diaryl/α,β-unsaturated/α-hetero) is 1. The number of aliphatic hydroxyl groups is 1. The fourth-order valence-corrected chi connectivity index (χ4v) is 5.22. The Hall–Kier alpha value is -3.63. The molecule has 10 heteroatoms. The molecule has 1 aliphatic rings. The highest BCUT2D eigenvalue weighted by molar-refractivity contribution is 6.38. The highest BCUT2D eigenvalue weighted by Gasteiger charge is 2.41. The summed E-state index contributed by atoms with van der Waals surface area (Å²) >= 11 is 0. The Morgan fingerprint density at radius 3 is 2.53 bits per heavy atom. The fourth-order valence-electron chi connectivity index (χ4n) is 5.22. The zero-order chi connectivity index (χ0) is 32.8. The number of hydrogen-bond donors (Lipinski definition) is 2. The maximum Gasteiger partial charge on any atom is 0.329 e. The lowest BCUT2D eigenvalue weighted by Gasteiger charge is -2.36. The molecule has 1 amide bonds. The molecule has 0 unspecified atom stereocenters. The third kappa shape index (κ3) is 10.2. The Bertz CT molecular complexity index is 1260. The third-order valence-corrected chi connectivity index (χ3v) is 8.42. The van der Waals surface area contributed by atoms with Gasteiger partial charge in [-0.25, -0.2) is 4.79 Å². The van der Waals surface area contributed by atoms with Gasteiger partial charge in [-0.2, -0.15) is 0 Å². The van der Waals surface area contributed by atoms with Gasteiger partial charge in [0.15, 0.2) is 11.5 Å². The van der Waals surface area contributed by atoms with E-state index in [1.807, 2.05) is 49.4 Å². The van der Waals surface area contributed by atoms with Gasteiger partial charge in [-0.1, -0.05) is 39.0 Å². The molecule has 0 bridgehead atoms. The molecule has 1 heterocycles. The van der Waals surface area contributed by atoms with Gasteiger partial charge >= 0.3 is 5.97 Å². The maximum atomic E-state index is 13.8. The zero-order valence-electron chi connectivity index (χ0n) is 27.4. The van der Waals surface area contributed by atoms with Crippen LogP contribution in [0.4, 0.5) is 0 Å². The van der Waals surface area contributed by atoms with E-state index in [0.29, 0.717) is 75.6 Å². The lowest BCUT2D eigenvalue weighted by molar-refractivity contribution is -0.164. The average molecular weight is 627 g/mol. The summed E-state index contributed by atoms with van der Waals surface area (Å²) in [7, 11) is 3.17. The van der Waals surface area contributed by atoms with E-state index >= 15 is 0 Å². The molecule has 1 saturated heterocycles. The molecule has 2 aromatic rings. The number of esters is 1. The first kappa shape index (κ1) is 35.8. The minimum absolute atomic E-state index is 0.138. The number of nitrogens with zero attached hydrogens (tertiary/aromatic N) is 1. The Morgan fingerprint density at radius 1 is 1.04 bits per heavy atom. The van der Waals surface area contributed by atoms with Crippen LogP contribution in [0.1, 0.15) is 76.5 Å². The molecule has 2 N–H and O–H groups in total. The number of methoxy groups -OCH3 is 2. The van der Waals surface area contributed by atoms with Crippen molar-refractivity contribution in [1.82, 2.24) is 10.2 Å². The summed E-state index contributed by atoms with van der Waals surface area (Å²) in [4.78, 5) is 41.6. The highest BCUT2D eigenvalue weighted by atomic mass is 16.5. The molecule has 45 heavy (non-hydrogen) atoms. The fraction of sp³-hybridized carbons (Fsp3) is 0.571. The van der Waals surface area contributed by atoms with Crippen molar-refractivity contribution in [3.8, 4) is 17.2 Å². The number of piperidine rings is 1. The summed E-state index contributed by atoms with van der Waals surface area (Å²) in [5.41, 5.74) is 0.947. The number of rotatable bonds is 18. The van der Waals surface area contributed by atoms with Crippen molar-refractivity contribution in [1.29, 1.82) is 0 Å². The van der Waals surface area contributed by atoms with E-state index < -0.39 is 35.2 Å². The third-order valence-electron chi connectivity index (χ3n) is 8.42. The van der Waals surface area contributed by atoms with Gasteiger partial charge in [-0.05, 0) is 86.9 Å². The maximum absolute atomic E-state index is 13.8. The molecular formula is C35H50N2O8. The molecule has 1 aliphatic heterocycles. The van der Waals surface area contributed by atoms with E-state index in [1.165, 1.54) is 4.90 Å². The Labute approximate surface area is 267 Å². The van der Waals surface area contributed by atoms with Crippen molar-refractivity contribution in [3.63, 3.8) is 0 Å². The number of carbonyl (C=O) groups is 3. The second-order valence-corrected chi connectivity index (χ2v) is 12.0. The van der Waals surface area contributed by atoms with E-state index in [1.54, 1.807) is 28.1 Å². The number of nitrogens with one attached hydrogen (secondary N) is 1. The van der Waals surface area contributed by atoms with Gasteiger partial charge in [0.1, 0.15) is 24.5 Å². The van der Waals surface area contributed by atoms with E-state index in [4.69, 9.17) is 24.1 Å². The minimum Gasteiger partial charge on any atom is -0.493 e. The standard InChI is InChI=1S/C35H50N2O8/c1-6-35(2,3)32(39)33(40)37-20-8-7-13-28(37)34(41)45-29(16-14-25-15-17-30(42-4)31(23-25)43-5)26-11-9-12-27(24-26)44-22-19-36-18-10-21-38/h9,11-12,15,17,23-24,28-29,36,38H,6-8,10,13-14,16,18-22H2,1-5H3/t28-,29+/m0/s1. The summed E-state index contributed by atoms with van der Waals surface area (Å²) in [5, 5.41) is 12.2. The summed E-state index contributed by atoms with van der Waals surface area (Å²) in [5.74, 6) is 0.275. The van der Waals surface area contributed by atoms with Gasteiger partial charge in [0, 0.05) is 25.1 Å². The molecule has 2 atom stereocenters. The van der Waals surface area contributed by atoms with E-state index in [9.17, 15) is 14.4 Å². The zero-order valence-corrected chi connectivity index (χ0v) is 27.4. The second-order valence-electron chi connectivity index (χ2n) is 12.0. The van der Waals surface area contributed by atoms with Crippen LogP contribution >= 0.6 is 0 Å². The smallest absolute Gasteiger partial charge is 0.329 e. The number of ether oxygens (including phenoxy) is 4. The Balaban J connectivity index is 1.82. The Kier molecular flexibility index (Phi) is 14.1. The predicted molar refractivity (Wildman–Crippen MR) is 172 cm³/mol. The molecule has 0 saturated carbocycles. The lowest BCUT2D eigenvalue weighted by Crippen LogP contribution is -2.53. The van der Waals surface area contributed by atoms with Crippen molar-refractivity contribution in [3.05, 3.63) is 53.6 Å². The van der Waals surface area contributed by atoms with Crippen molar-refractivity contribution < 1.29 is 38.4 Å².